The third-order valence-electron chi connectivity index (χ3n) is 3.86. The molecule has 2 heterocycles. The molecule has 3 rings (SSSR count). The molecule has 0 saturated heterocycles. The van der Waals surface area contributed by atoms with E-state index in [0.717, 1.165) is 5.39 Å². The van der Waals surface area contributed by atoms with Gasteiger partial charge in [-0.3, -0.25) is 10.1 Å². The average Bonchev–Trinajstić information content (AvgIpc) is 3.24. The van der Waals surface area contributed by atoms with Crippen LogP contribution in [0.25, 0.3) is 10.9 Å². The molecule has 0 atom stereocenters. The van der Waals surface area contributed by atoms with Crippen molar-refractivity contribution in [2.75, 3.05) is 26.1 Å². The van der Waals surface area contributed by atoms with Crippen molar-refractivity contribution < 1.29 is 19.0 Å². The Kier molecular flexibility index (Phi) is 8.58. The maximum atomic E-state index is 12.0. The topological polar surface area (TPSA) is 108 Å². The molecule has 9 nitrogen and oxygen atoms in total. The van der Waals surface area contributed by atoms with Crippen LogP contribution < -0.4 is 14.8 Å². The number of hydrogen-bond acceptors (Lipinski definition) is 10. The Morgan fingerprint density at radius 1 is 1.09 bits per heavy atom. The molecule has 0 spiro atoms. The van der Waals surface area contributed by atoms with Crippen LogP contribution in [0.5, 0.6) is 11.5 Å². The first-order valence-electron chi connectivity index (χ1n) is 9.38. The summed E-state index contributed by atoms with van der Waals surface area (Å²) in [5.74, 6) is 0.832. The monoisotopic (exact) mass is 471 g/mol. The molecule has 0 saturated carbocycles. The van der Waals surface area contributed by atoms with Gasteiger partial charge < -0.3 is 14.2 Å². The molecule has 0 bridgehead atoms. The van der Waals surface area contributed by atoms with E-state index in [1.54, 1.807) is 32.4 Å². The Labute approximate surface area is 193 Å². The van der Waals surface area contributed by atoms with Crippen LogP contribution >= 0.6 is 23.1 Å². The number of nitrogens with zero attached hydrogens (tertiary/aromatic N) is 4. The zero-order valence-corrected chi connectivity index (χ0v) is 19.3. The number of rotatable bonds is 10. The Morgan fingerprint density at radius 3 is 2.66 bits per heavy atom. The average molecular weight is 472 g/mol. The van der Waals surface area contributed by atoms with E-state index in [1.807, 2.05) is 31.2 Å². The van der Waals surface area contributed by atoms with Crippen molar-refractivity contribution in [3.8, 4) is 11.5 Å². The second-order valence-corrected chi connectivity index (χ2v) is 8.19. The van der Waals surface area contributed by atoms with E-state index < -0.39 is 0 Å². The van der Waals surface area contributed by atoms with E-state index in [2.05, 4.69) is 25.5 Å². The minimum absolute atomic E-state index is 0.131. The van der Waals surface area contributed by atoms with Gasteiger partial charge in [0.05, 0.1) is 26.0 Å². The van der Waals surface area contributed by atoms with E-state index >= 15 is 0 Å². The molecule has 166 valence electrons. The number of hydrogen-bond donors (Lipinski definition) is 1. The lowest BCUT2D eigenvalue weighted by Crippen LogP contribution is -2.16. The summed E-state index contributed by atoms with van der Waals surface area (Å²) in [5, 5.41) is 12.6. The quantitative estimate of drug-likeness (QED) is 0.201. The second kappa shape index (κ2) is 11.8. The first-order chi connectivity index (χ1) is 15.6. The summed E-state index contributed by atoms with van der Waals surface area (Å²) in [5.41, 5.74) is 0.712. The van der Waals surface area contributed by atoms with Gasteiger partial charge in [-0.25, -0.2) is 9.97 Å². The highest BCUT2D eigenvalue weighted by atomic mass is 32.2. The largest absolute Gasteiger partial charge is 0.493 e. The fourth-order valence-corrected chi connectivity index (χ4v) is 4.20. The van der Waals surface area contributed by atoms with Crippen LogP contribution in [0.4, 0.5) is 5.13 Å². The highest BCUT2D eigenvalue weighted by Gasteiger charge is 2.15. The molecule has 0 aliphatic rings. The molecule has 1 aromatic carbocycles. The van der Waals surface area contributed by atoms with Gasteiger partial charge in [-0.05, 0) is 30.8 Å². The van der Waals surface area contributed by atoms with Gasteiger partial charge in [0, 0.05) is 11.5 Å². The predicted octanol–water partition coefficient (Wildman–Crippen LogP) is 4.25. The maximum Gasteiger partial charge on any atom is 0.264 e. The molecule has 11 heteroatoms. The van der Waals surface area contributed by atoms with Gasteiger partial charge in [-0.2, -0.15) is 0 Å². The minimum Gasteiger partial charge on any atom is -0.493 e. The van der Waals surface area contributed by atoms with E-state index in [1.165, 1.54) is 35.7 Å². The van der Waals surface area contributed by atoms with Crippen LogP contribution in [0.2, 0.25) is 0 Å². The molecule has 0 aliphatic carbocycles. The van der Waals surface area contributed by atoms with Gasteiger partial charge >= 0.3 is 0 Å². The van der Waals surface area contributed by atoms with Crippen molar-refractivity contribution in [1.82, 2.24) is 20.2 Å². The minimum atomic E-state index is -0.330. The van der Waals surface area contributed by atoms with Gasteiger partial charge in [0.15, 0.2) is 22.4 Å². The number of methoxy groups -OCH3 is 2. The van der Waals surface area contributed by atoms with Crippen molar-refractivity contribution in [3.05, 3.63) is 55.1 Å². The first kappa shape index (κ1) is 23.2. The van der Waals surface area contributed by atoms with Crippen LogP contribution in [0.15, 0.2) is 64.5 Å². The van der Waals surface area contributed by atoms with Gasteiger partial charge in [0.1, 0.15) is 11.4 Å². The Balaban J connectivity index is 1.63. The number of anilines is 1. The normalized spacial score (nSPS) is 11.6. The van der Waals surface area contributed by atoms with Gasteiger partial charge in [-0.1, -0.05) is 35.6 Å². The number of benzene rings is 1. The van der Waals surface area contributed by atoms with Crippen molar-refractivity contribution in [3.63, 3.8) is 0 Å². The summed E-state index contributed by atoms with van der Waals surface area (Å²) in [7, 11) is 3.14. The summed E-state index contributed by atoms with van der Waals surface area (Å²) < 4.78 is 16.5. The number of ether oxygens (including phenoxy) is 3. The Hall–Kier alpha value is -3.44. The summed E-state index contributed by atoms with van der Waals surface area (Å²) in [6.45, 7) is 1.80. The lowest BCUT2D eigenvalue weighted by molar-refractivity contribution is -0.119. The first-order valence-corrected chi connectivity index (χ1v) is 11.0. The van der Waals surface area contributed by atoms with E-state index in [4.69, 9.17) is 14.2 Å². The summed E-state index contributed by atoms with van der Waals surface area (Å²) in [6, 6.07) is 3.61. The number of allylic oxidation sites excluding steroid dienone is 5. The van der Waals surface area contributed by atoms with Crippen LogP contribution in [-0.2, 0) is 9.53 Å². The van der Waals surface area contributed by atoms with Gasteiger partial charge in [0.25, 0.3) is 5.91 Å². The van der Waals surface area contributed by atoms with E-state index in [-0.39, 0.29) is 12.5 Å². The molecule has 0 unspecified atom stereocenters. The molecular weight excluding hydrogens is 450 g/mol. The van der Waals surface area contributed by atoms with Crippen LogP contribution in [-0.4, -0.2) is 46.9 Å². The second-order valence-electron chi connectivity index (χ2n) is 5.98. The molecular formula is C21H21N5O4S2. The lowest BCUT2D eigenvalue weighted by atomic mass is 10.2. The highest BCUT2D eigenvalue weighted by Crippen LogP contribution is 2.38. The van der Waals surface area contributed by atoms with Gasteiger partial charge in [0.2, 0.25) is 5.13 Å². The van der Waals surface area contributed by atoms with Crippen molar-refractivity contribution in [2.24, 2.45) is 0 Å². The maximum absolute atomic E-state index is 12.0. The zero-order valence-electron chi connectivity index (χ0n) is 17.6. The SMILES string of the molecule is C\C=C/C=C\C=C\OCC(=O)Nc1nnc(Sc2ncnc3cc(OC)c(OC)cc23)s1. The fraction of sp³-hybridized carbons (Fsp3) is 0.190. The van der Waals surface area contributed by atoms with E-state index in [9.17, 15) is 4.79 Å². The van der Waals surface area contributed by atoms with Crippen LogP contribution in [0.3, 0.4) is 0 Å². The number of fused-ring (bicyclic) bond motifs is 1. The van der Waals surface area contributed by atoms with Gasteiger partial charge in [-0.15, -0.1) is 10.2 Å². The number of carbonyl (C=O) groups is 1. The molecule has 2 aromatic heterocycles. The third-order valence-corrected chi connectivity index (χ3v) is 5.76. The zero-order chi connectivity index (χ0) is 22.8. The van der Waals surface area contributed by atoms with Crippen molar-refractivity contribution in [2.45, 2.75) is 16.3 Å². The van der Waals surface area contributed by atoms with E-state index in [0.29, 0.717) is 31.5 Å². The highest BCUT2D eigenvalue weighted by molar-refractivity contribution is 8.01. The standard InChI is InChI=1S/C21H21N5O4S2/c1-4-5-6-7-8-9-30-12-18(27)24-20-25-26-21(32-20)31-19-14-10-16(28-2)17(29-3)11-15(14)22-13-23-19/h4-11,13H,12H2,1-3H3,(H,24,25,27)/b5-4-,7-6-,9-8+. The molecule has 0 fully saturated rings. The van der Waals surface area contributed by atoms with Crippen LogP contribution in [0.1, 0.15) is 6.92 Å². The number of amides is 1. The predicted molar refractivity (Wildman–Crippen MR) is 124 cm³/mol. The summed E-state index contributed by atoms with van der Waals surface area (Å²) >= 11 is 2.55. The third kappa shape index (κ3) is 6.28. The summed E-state index contributed by atoms with van der Waals surface area (Å²) in [4.78, 5) is 20.6. The molecule has 0 radical (unpaired) electrons. The smallest absolute Gasteiger partial charge is 0.264 e. The molecule has 32 heavy (non-hydrogen) atoms. The van der Waals surface area contributed by atoms with Crippen molar-refractivity contribution >= 4 is 45.0 Å². The Morgan fingerprint density at radius 2 is 1.88 bits per heavy atom. The van der Waals surface area contributed by atoms with Crippen LogP contribution in [0, 0.1) is 0 Å². The molecule has 0 aliphatic heterocycles. The molecule has 3 aromatic rings. The number of nitrogens with one attached hydrogen (secondary N) is 1. The molecule has 1 N–H and O–H groups in total. The fourth-order valence-electron chi connectivity index (χ4n) is 2.44. The number of aromatic nitrogens is 4. The van der Waals surface area contributed by atoms with Crippen molar-refractivity contribution in [1.29, 1.82) is 0 Å². The summed E-state index contributed by atoms with van der Waals surface area (Å²) in [6.07, 6.45) is 12.1. The molecule has 1 amide bonds. The Bertz CT molecular complexity index is 1160. The lowest BCUT2D eigenvalue weighted by Gasteiger charge is -2.09. The number of carbonyl (C=O) groups excluding carboxylic acids is 1.